The van der Waals surface area contributed by atoms with Gasteiger partial charge in [-0.15, -0.1) is 0 Å². The maximum Gasteiger partial charge on any atom is 0.410 e. The van der Waals surface area contributed by atoms with Gasteiger partial charge in [0, 0.05) is 17.5 Å². The number of nitrogens with one attached hydrogen (secondary N) is 1. The van der Waals surface area contributed by atoms with Crippen LogP contribution in [0.15, 0.2) is 24.3 Å². The average Bonchev–Trinajstić information content (AvgIpc) is 2.69. The van der Waals surface area contributed by atoms with Crippen molar-refractivity contribution in [2.75, 3.05) is 6.61 Å². The number of carbonyl (C=O) groups is 1. The van der Waals surface area contributed by atoms with Crippen LogP contribution >= 0.6 is 0 Å². The fraction of sp³-hybridized carbons (Fsp3) is 0.588. The van der Waals surface area contributed by atoms with Crippen molar-refractivity contribution in [1.29, 1.82) is 0 Å². The Morgan fingerprint density at radius 2 is 1.92 bits per heavy atom. The Morgan fingerprint density at radius 3 is 2.42 bits per heavy atom. The van der Waals surface area contributed by atoms with Crippen molar-refractivity contribution < 1.29 is 22.7 Å². The number of alkyl halides is 3. The largest absolute Gasteiger partial charge is 0.493 e. The molecule has 1 fully saturated rings. The van der Waals surface area contributed by atoms with Crippen LogP contribution in [0, 0.1) is 5.92 Å². The summed E-state index contributed by atoms with van der Waals surface area (Å²) in [5.74, 6) is -0.0503. The van der Waals surface area contributed by atoms with Gasteiger partial charge in [-0.3, -0.25) is 10.2 Å². The lowest BCUT2D eigenvalue weighted by molar-refractivity contribution is -0.204. The third kappa shape index (κ3) is 4.01. The number of para-hydroxylation sites is 1. The summed E-state index contributed by atoms with van der Waals surface area (Å²) in [6.07, 6.45) is -4.55. The van der Waals surface area contributed by atoms with Crippen molar-refractivity contribution in [2.24, 2.45) is 5.92 Å². The molecule has 1 aromatic carbocycles. The molecule has 1 amide bonds. The first-order valence-electron chi connectivity index (χ1n) is 7.89. The van der Waals surface area contributed by atoms with Gasteiger partial charge in [0.1, 0.15) is 5.75 Å². The first-order valence-corrected chi connectivity index (χ1v) is 7.89. The number of carbonyl (C=O) groups excluding carboxylic acids is 1. The first kappa shape index (κ1) is 18.6. The second kappa shape index (κ2) is 6.63. The number of rotatable bonds is 5. The number of halogens is 3. The smallest absolute Gasteiger partial charge is 0.410 e. The third-order valence-corrected chi connectivity index (χ3v) is 3.84. The molecule has 1 atom stereocenters. The molecule has 2 rings (SSSR count). The van der Waals surface area contributed by atoms with Crippen molar-refractivity contribution in [2.45, 2.75) is 51.9 Å². The lowest BCUT2D eigenvalue weighted by Gasteiger charge is -2.38. The number of hydrogen-bond donors (Lipinski definition) is 1. The Labute approximate surface area is 139 Å². The van der Waals surface area contributed by atoms with E-state index in [1.54, 1.807) is 26.0 Å². The summed E-state index contributed by atoms with van der Waals surface area (Å²) in [5.41, 5.74) is 1.41. The minimum Gasteiger partial charge on any atom is -0.493 e. The molecular weight excluding hydrogens is 321 g/mol. The van der Waals surface area contributed by atoms with Gasteiger partial charge in [-0.05, 0) is 25.8 Å². The van der Waals surface area contributed by atoms with Crippen LogP contribution < -0.4 is 10.2 Å². The lowest BCUT2D eigenvalue weighted by atomic mass is 9.96. The molecule has 1 N–H and O–H groups in total. The monoisotopic (exact) mass is 344 g/mol. The van der Waals surface area contributed by atoms with E-state index in [4.69, 9.17) is 4.74 Å². The van der Waals surface area contributed by atoms with Crippen LogP contribution in [-0.4, -0.2) is 29.2 Å². The van der Waals surface area contributed by atoms with Crippen molar-refractivity contribution in [3.8, 4) is 5.75 Å². The highest BCUT2D eigenvalue weighted by Gasteiger charge is 2.53. The van der Waals surface area contributed by atoms with Crippen LogP contribution in [-0.2, 0) is 4.79 Å². The molecule has 0 aliphatic carbocycles. The van der Waals surface area contributed by atoms with E-state index in [-0.39, 0.29) is 23.7 Å². The Kier molecular flexibility index (Phi) is 5.13. The van der Waals surface area contributed by atoms with E-state index >= 15 is 0 Å². The van der Waals surface area contributed by atoms with Gasteiger partial charge in [0.05, 0.1) is 6.61 Å². The topological polar surface area (TPSA) is 41.6 Å². The normalized spacial score (nSPS) is 19.4. The summed E-state index contributed by atoms with van der Waals surface area (Å²) in [4.78, 5) is 11.7. The molecule has 1 saturated heterocycles. The molecule has 0 radical (unpaired) electrons. The molecule has 4 nitrogen and oxygen atoms in total. The molecule has 0 aromatic heterocycles. The zero-order chi connectivity index (χ0) is 18.1. The maximum atomic E-state index is 13.9. The first-order chi connectivity index (χ1) is 11.0. The van der Waals surface area contributed by atoms with Crippen LogP contribution in [0.25, 0.3) is 0 Å². The molecule has 1 aliphatic rings. The van der Waals surface area contributed by atoms with Gasteiger partial charge in [0.2, 0.25) is 5.91 Å². The molecule has 7 heteroatoms. The van der Waals surface area contributed by atoms with Crippen molar-refractivity contribution in [3.05, 3.63) is 29.8 Å². The molecular formula is C17H23F3N2O2. The Hall–Kier alpha value is -1.76. The van der Waals surface area contributed by atoms with Crippen LogP contribution in [0.5, 0.6) is 5.75 Å². The summed E-state index contributed by atoms with van der Waals surface area (Å²) in [7, 11) is 0. The number of ether oxygens (including phenoxy) is 1. The van der Waals surface area contributed by atoms with Gasteiger partial charge in [0.25, 0.3) is 0 Å². The van der Waals surface area contributed by atoms with Gasteiger partial charge in [-0.25, -0.2) is 0 Å². The highest BCUT2D eigenvalue weighted by atomic mass is 19.4. The Bertz CT molecular complexity index is 600. The number of amides is 1. The second-order valence-corrected chi connectivity index (χ2v) is 7.08. The zero-order valence-electron chi connectivity index (χ0n) is 14.3. The molecule has 134 valence electrons. The van der Waals surface area contributed by atoms with Crippen molar-refractivity contribution in [1.82, 2.24) is 10.4 Å². The molecule has 0 saturated carbocycles. The van der Waals surface area contributed by atoms with E-state index in [0.29, 0.717) is 6.61 Å². The van der Waals surface area contributed by atoms with Crippen LogP contribution in [0.1, 0.15) is 45.7 Å². The van der Waals surface area contributed by atoms with Crippen LogP contribution in [0.3, 0.4) is 0 Å². The molecule has 0 bridgehead atoms. The fourth-order valence-electron chi connectivity index (χ4n) is 2.77. The highest BCUT2D eigenvalue weighted by Crippen LogP contribution is 2.45. The number of benzene rings is 1. The minimum atomic E-state index is -4.56. The highest BCUT2D eigenvalue weighted by molar-refractivity contribution is 5.79. The van der Waals surface area contributed by atoms with Gasteiger partial charge >= 0.3 is 6.18 Å². The molecule has 0 spiro atoms. The van der Waals surface area contributed by atoms with Gasteiger partial charge in [-0.2, -0.15) is 18.2 Å². The summed E-state index contributed by atoms with van der Waals surface area (Å²) >= 11 is 0. The Balaban J connectivity index is 2.45. The minimum absolute atomic E-state index is 0.000856. The predicted molar refractivity (Wildman–Crippen MR) is 84.2 cm³/mol. The number of hydrazine groups is 1. The van der Waals surface area contributed by atoms with E-state index < -0.39 is 23.7 Å². The predicted octanol–water partition coefficient (Wildman–Crippen LogP) is 3.84. The van der Waals surface area contributed by atoms with Gasteiger partial charge < -0.3 is 4.74 Å². The van der Waals surface area contributed by atoms with E-state index in [1.807, 2.05) is 13.8 Å². The quantitative estimate of drug-likeness (QED) is 0.882. The molecule has 1 aromatic rings. The summed E-state index contributed by atoms with van der Waals surface area (Å²) in [6, 6.07) is 4.14. The zero-order valence-corrected chi connectivity index (χ0v) is 14.3. The van der Waals surface area contributed by atoms with E-state index in [0.717, 1.165) is 5.01 Å². The fourth-order valence-corrected chi connectivity index (χ4v) is 2.77. The molecule has 1 heterocycles. The van der Waals surface area contributed by atoms with E-state index in [2.05, 4.69) is 5.43 Å². The maximum absolute atomic E-state index is 13.9. The van der Waals surface area contributed by atoms with Gasteiger partial charge in [0.15, 0.2) is 6.04 Å². The third-order valence-electron chi connectivity index (χ3n) is 3.84. The summed E-state index contributed by atoms with van der Waals surface area (Å²) < 4.78 is 47.2. The Morgan fingerprint density at radius 1 is 1.29 bits per heavy atom. The van der Waals surface area contributed by atoms with Crippen LogP contribution in [0.4, 0.5) is 13.2 Å². The second-order valence-electron chi connectivity index (χ2n) is 7.08. The number of hydrogen-bond acceptors (Lipinski definition) is 3. The standard InChI is InChI=1S/C17H23F3N2O2/c1-11(2)10-24-13-8-6-5-7-12(13)15(17(18,19)20)22-16(3,4)9-14(23)21-22/h5-8,11,15H,9-10H2,1-4H3,(H,21,23)/t15-/m0/s1. The molecule has 1 aliphatic heterocycles. The van der Waals surface area contributed by atoms with E-state index in [9.17, 15) is 18.0 Å². The molecule has 0 unspecified atom stereocenters. The van der Waals surface area contributed by atoms with Gasteiger partial charge in [-0.1, -0.05) is 32.0 Å². The van der Waals surface area contributed by atoms with Crippen molar-refractivity contribution >= 4 is 5.91 Å². The van der Waals surface area contributed by atoms with E-state index in [1.165, 1.54) is 12.1 Å². The average molecular weight is 344 g/mol. The lowest BCUT2D eigenvalue weighted by Crippen LogP contribution is -2.51. The van der Waals surface area contributed by atoms with Crippen molar-refractivity contribution in [3.63, 3.8) is 0 Å². The summed E-state index contributed by atoms with van der Waals surface area (Å²) in [5, 5.41) is 0.993. The molecule has 24 heavy (non-hydrogen) atoms. The SMILES string of the molecule is CC(C)COc1ccccc1[C@H](N1NC(=O)CC1(C)C)C(F)(F)F. The summed E-state index contributed by atoms with van der Waals surface area (Å²) in [6.45, 7) is 7.39. The van der Waals surface area contributed by atoms with Crippen LogP contribution in [0.2, 0.25) is 0 Å². The number of nitrogens with zero attached hydrogens (tertiary/aromatic N) is 1.